The Morgan fingerprint density at radius 2 is 1.87 bits per heavy atom. The van der Waals surface area contributed by atoms with E-state index in [1.54, 1.807) is 6.07 Å². The lowest BCUT2D eigenvalue weighted by atomic mass is 10.2. The summed E-state index contributed by atoms with van der Waals surface area (Å²) in [5.41, 5.74) is 1.58. The van der Waals surface area contributed by atoms with Crippen LogP contribution in [0, 0.1) is 26.0 Å². The maximum atomic E-state index is 13.6. The SMILES string of the molecule is O=[N+]([O-])c1ccc(N/N=C\c2ccc(Br)cc2F)c([N+](=O)[O-])c1. The van der Waals surface area contributed by atoms with E-state index in [2.05, 4.69) is 26.5 Å². The van der Waals surface area contributed by atoms with Gasteiger partial charge in [0, 0.05) is 16.1 Å². The molecule has 0 aliphatic rings. The van der Waals surface area contributed by atoms with Gasteiger partial charge in [-0.1, -0.05) is 15.9 Å². The highest BCUT2D eigenvalue weighted by atomic mass is 79.9. The summed E-state index contributed by atoms with van der Waals surface area (Å²) in [6.45, 7) is 0. The fraction of sp³-hybridized carbons (Fsp3) is 0. The second kappa shape index (κ2) is 6.92. The summed E-state index contributed by atoms with van der Waals surface area (Å²) in [6.07, 6.45) is 1.15. The van der Waals surface area contributed by atoms with Crippen LogP contribution in [0.15, 0.2) is 46.0 Å². The molecule has 0 saturated carbocycles. The Bertz CT molecular complexity index is 813. The zero-order valence-corrected chi connectivity index (χ0v) is 12.9. The van der Waals surface area contributed by atoms with Crippen LogP contribution in [-0.2, 0) is 0 Å². The highest BCUT2D eigenvalue weighted by Crippen LogP contribution is 2.28. The summed E-state index contributed by atoms with van der Waals surface area (Å²) >= 11 is 3.11. The van der Waals surface area contributed by atoms with E-state index in [9.17, 15) is 24.6 Å². The third-order valence-corrected chi connectivity index (χ3v) is 3.23. The molecule has 10 heteroatoms. The van der Waals surface area contributed by atoms with E-state index in [1.165, 1.54) is 12.1 Å². The van der Waals surface area contributed by atoms with Crippen molar-refractivity contribution >= 4 is 39.2 Å². The smallest absolute Gasteiger partial charge is 0.272 e. The maximum Gasteiger partial charge on any atom is 0.301 e. The highest BCUT2D eigenvalue weighted by Gasteiger charge is 2.19. The quantitative estimate of drug-likeness (QED) is 0.479. The molecule has 0 aliphatic carbocycles. The number of nitrogens with zero attached hydrogens (tertiary/aromatic N) is 3. The largest absolute Gasteiger partial charge is 0.301 e. The predicted octanol–water partition coefficient (Wildman–Crippen LogP) is 3.85. The molecule has 2 rings (SSSR count). The summed E-state index contributed by atoms with van der Waals surface area (Å²) in [4.78, 5) is 20.1. The van der Waals surface area contributed by atoms with Gasteiger partial charge in [0.1, 0.15) is 11.5 Å². The monoisotopic (exact) mass is 382 g/mol. The van der Waals surface area contributed by atoms with Gasteiger partial charge in [-0.15, -0.1) is 0 Å². The van der Waals surface area contributed by atoms with Crippen LogP contribution in [-0.4, -0.2) is 16.1 Å². The van der Waals surface area contributed by atoms with Crippen LogP contribution in [0.5, 0.6) is 0 Å². The number of hydrogen-bond acceptors (Lipinski definition) is 6. The Kier molecular flexibility index (Phi) is 4.96. The standard InChI is InChI=1S/C13H8BrFN4O4/c14-9-2-1-8(11(15)5-9)7-16-17-12-4-3-10(18(20)21)6-13(12)19(22)23/h1-7,17H/b16-7-. The van der Waals surface area contributed by atoms with Crippen LogP contribution in [0.25, 0.3) is 0 Å². The van der Waals surface area contributed by atoms with E-state index in [4.69, 9.17) is 0 Å². The van der Waals surface area contributed by atoms with Crippen molar-refractivity contribution in [2.45, 2.75) is 0 Å². The molecule has 0 saturated heterocycles. The van der Waals surface area contributed by atoms with Gasteiger partial charge in [-0.2, -0.15) is 5.10 Å². The molecule has 0 unspecified atom stereocenters. The summed E-state index contributed by atoms with van der Waals surface area (Å²) in [5, 5.41) is 25.3. The molecular formula is C13H8BrFN4O4. The Balaban J connectivity index is 2.24. The number of hydrogen-bond donors (Lipinski definition) is 1. The average Bonchev–Trinajstić information content (AvgIpc) is 2.49. The zero-order valence-electron chi connectivity index (χ0n) is 11.3. The molecule has 8 nitrogen and oxygen atoms in total. The number of anilines is 1. The molecular weight excluding hydrogens is 375 g/mol. The van der Waals surface area contributed by atoms with E-state index < -0.39 is 27.0 Å². The average molecular weight is 383 g/mol. The van der Waals surface area contributed by atoms with E-state index in [1.807, 2.05) is 0 Å². The Labute approximate surface area is 137 Å². The first-order valence-corrected chi connectivity index (χ1v) is 6.85. The minimum Gasteiger partial charge on any atom is -0.272 e. The second-order valence-electron chi connectivity index (χ2n) is 4.25. The van der Waals surface area contributed by atoms with E-state index in [0.29, 0.717) is 4.47 Å². The minimum atomic E-state index is -0.773. The lowest BCUT2D eigenvalue weighted by molar-refractivity contribution is -0.393. The summed E-state index contributed by atoms with van der Waals surface area (Å²) < 4.78 is 14.2. The first-order chi connectivity index (χ1) is 10.9. The molecule has 0 heterocycles. The van der Waals surface area contributed by atoms with Crippen molar-refractivity contribution in [2.24, 2.45) is 5.10 Å². The van der Waals surface area contributed by atoms with E-state index in [-0.39, 0.29) is 11.3 Å². The Morgan fingerprint density at radius 3 is 2.48 bits per heavy atom. The van der Waals surface area contributed by atoms with Gasteiger partial charge in [0.2, 0.25) is 0 Å². The molecule has 0 radical (unpaired) electrons. The zero-order chi connectivity index (χ0) is 17.0. The number of nitro groups is 2. The van der Waals surface area contributed by atoms with Crippen LogP contribution in [0.1, 0.15) is 5.56 Å². The van der Waals surface area contributed by atoms with Crippen molar-refractivity contribution in [3.63, 3.8) is 0 Å². The molecule has 118 valence electrons. The van der Waals surface area contributed by atoms with Gasteiger partial charge in [0.05, 0.1) is 22.1 Å². The van der Waals surface area contributed by atoms with Crippen molar-refractivity contribution in [1.29, 1.82) is 0 Å². The van der Waals surface area contributed by atoms with Crippen LogP contribution >= 0.6 is 15.9 Å². The third-order valence-electron chi connectivity index (χ3n) is 2.74. The van der Waals surface area contributed by atoms with Gasteiger partial charge in [0.15, 0.2) is 0 Å². The molecule has 0 amide bonds. The third kappa shape index (κ3) is 4.07. The fourth-order valence-electron chi connectivity index (χ4n) is 1.66. The number of nitrogens with one attached hydrogen (secondary N) is 1. The van der Waals surface area contributed by atoms with Crippen LogP contribution < -0.4 is 5.43 Å². The van der Waals surface area contributed by atoms with Crippen LogP contribution in [0.3, 0.4) is 0 Å². The molecule has 2 aromatic carbocycles. The normalized spacial score (nSPS) is 10.7. The van der Waals surface area contributed by atoms with Gasteiger partial charge in [-0.05, 0) is 24.3 Å². The lowest BCUT2D eigenvalue weighted by Crippen LogP contribution is -1.99. The number of rotatable bonds is 5. The number of benzene rings is 2. The van der Waals surface area contributed by atoms with E-state index in [0.717, 1.165) is 24.4 Å². The number of non-ortho nitro benzene ring substituents is 1. The molecule has 0 bridgehead atoms. The topological polar surface area (TPSA) is 111 Å². The summed E-state index contributed by atoms with van der Waals surface area (Å²) in [6, 6.07) is 7.40. The number of nitro benzene ring substituents is 2. The summed E-state index contributed by atoms with van der Waals surface area (Å²) in [5.74, 6) is -0.525. The van der Waals surface area contributed by atoms with Crippen molar-refractivity contribution < 1.29 is 14.2 Å². The van der Waals surface area contributed by atoms with Crippen molar-refractivity contribution in [1.82, 2.24) is 0 Å². The van der Waals surface area contributed by atoms with Gasteiger partial charge in [0.25, 0.3) is 5.69 Å². The molecule has 0 atom stereocenters. The first kappa shape index (κ1) is 16.5. The Hall–Kier alpha value is -2.88. The summed E-state index contributed by atoms with van der Waals surface area (Å²) in [7, 11) is 0. The molecule has 0 aliphatic heterocycles. The van der Waals surface area contributed by atoms with Crippen LogP contribution in [0.2, 0.25) is 0 Å². The number of hydrazone groups is 1. The van der Waals surface area contributed by atoms with Gasteiger partial charge in [-0.25, -0.2) is 4.39 Å². The Morgan fingerprint density at radius 1 is 1.13 bits per heavy atom. The predicted molar refractivity (Wildman–Crippen MR) is 85.1 cm³/mol. The molecule has 23 heavy (non-hydrogen) atoms. The molecule has 2 aromatic rings. The highest BCUT2D eigenvalue weighted by molar-refractivity contribution is 9.10. The molecule has 0 fully saturated rings. The molecule has 0 aromatic heterocycles. The van der Waals surface area contributed by atoms with Crippen LogP contribution in [0.4, 0.5) is 21.5 Å². The number of halogens is 2. The van der Waals surface area contributed by atoms with E-state index >= 15 is 0 Å². The maximum absolute atomic E-state index is 13.6. The van der Waals surface area contributed by atoms with Crippen molar-refractivity contribution in [2.75, 3.05) is 5.43 Å². The van der Waals surface area contributed by atoms with Crippen molar-refractivity contribution in [3.05, 3.63) is 72.5 Å². The first-order valence-electron chi connectivity index (χ1n) is 6.05. The molecule has 0 spiro atoms. The minimum absolute atomic E-state index is 0.0469. The fourth-order valence-corrected chi connectivity index (χ4v) is 1.99. The van der Waals surface area contributed by atoms with Gasteiger partial charge >= 0.3 is 5.69 Å². The lowest BCUT2D eigenvalue weighted by Gasteiger charge is -2.02. The van der Waals surface area contributed by atoms with Gasteiger partial charge in [-0.3, -0.25) is 25.7 Å². The second-order valence-corrected chi connectivity index (χ2v) is 5.17. The van der Waals surface area contributed by atoms with Gasteiger partial charge < -0.3 is 0 Å². The molecule has 1 N–H and O–H groups in total. The van der Waals surface area contributed by atoms with Crippen molar-refractivity contribution in [3.8, 4) is 0 Å².